The lowest BCUT2D eigenvalue weighted by Crippen LogP contribution is -2.25. The van der Waals surface area contributed by atoms with Crippen LogP contribution in [0.3, 0.4) is 0 Å². The van der Waals surface area contributed by atoms with Crippen LogP contribution in [0.4, 0.5) is 14.5 Å². The van der Waals surface area contributed by atoms with Crippen LogP contribution in [0.15, 0.2) is 63.7 Å². The number of ether oxygens (including phenoxy) is 1. The molecule has 226 valence electrons. The number of anilines is 1. The van der Waals surface area contributed by atoms with Crippen LogP contribution in [0, 0.1) is 11.6 Å². The van der Waals surface area contributed by atoms with Crippen molar-refractivity contribution in [3.63, 3.8) is 0 Å². The number of aryl methyl sites for hydroxylation is 1. The van der Waals surface area contributed by atoms with E-state index < -0.39 is 32.3 Å². The fraction of sp³-hybridized carbons (Fsp3) is 0.290. The maximum Gasteiger partial charge on any atom is 0.302 e. The largest absolute Gasteiger partial charge is 0.466 e. The number of para-hydroxylation sites is 1. The SMILES string of the molecule is CC(=O)OCCCCc1ccccc1NC(=O)c1cc(-c2ccnc(C=NS(=O)(=O)C(C)(C)C)c2F)c2occc2c1F. The number of benzene rings is 2. The minimum atomic E-state index is -3.96. The van der Waals surface area contributed by atoms with E-state index in [-0.39, 0.29) is 45.9 Å². The molecule has 0 aliphatic heterocycles. The number of carbonyl (C=O) groups excluding carboxylic acids is 2. The van der Waals surface area contributed by atoms with E-state index in [4.69, 9.17) is 9.15 Å². The zero-order valence-corrected chi connectivity index (χ0v) is 24.9. The van der Waals surface area contributed by atoms with E-state index in [1.54, 1.807) is 12.1 Å². The zero-order valence-electron chi connectivity index (χ0n) is 24.1. The van der Waals surface area contributed by atoms with Crippen LogP contribution >= 0.6 is 0 Å². The van der Waals surface area contributed by atoms with Crippen LogP contribution in [-0.2, 0) is 26.0 Å². The molecule has 0 saturated carbocycles. The van der Waals surface area contributed by atoms with Gasteiger partial charge < -0.3 is 14.5 Å². The Labute approximate surface area is 248 Å². The van der Waals surface area contributed by atoms with E-state index >= 15 is 8.78 Å². The Kier molecular flexibility index (Phi) is 9.39. The van der Waals surface area contributed by atoms with Crippen LogP contribution in [0.2, 0.25) is 0 Å². The molecule has 1 amide bonds. The second kappa shape index (κ2) is 12.8. The molecule has 0 saturated heterocycles. The highest BCUT2D eigenvalue weighted by molar-refractivity contribution is 7.91. The lowest BCUT2D eigenvalue weighted by atomic mass is 9.98. The topological polar surface area (TPSA) is 128 Å². The maximum atomic E-state index is 15.7. The second-order valence-corrected chi connectivity index (χ2v) is 13.1. The van der Waals surface area contributed by atoms with Crippen molar-refractivity contribution in [2.45, 2.75) is 51.7 Å². The van der Waals surface area contributed by atoms with Crippen molar-refractivity contribution in [2.24, 2.45) is 4.40 Å². The summed E-state index contributed by atoms with van der Waals surface area (Å²) in [6.45, 7) is 6.01. The Bertz CT molecular complexity index is 1810. The molecule has 43 heavy (non-hydrogen) atoms. The third-order valence-corrected chi connectivity index (χ3v) is 8.55. The first kappa shape index (κ1) is 31.5. The first-order valence-corrected chi connectivity index (χ1v) is 14.9. The fourth-order valence-electron chi connectivity index (χ4n) is 4.19. The molecule has 0 radical (unpaired) electrons. The summed E-state index contributed by atoms with van der Waals surface area (Å²) in [6, 6.07) is 10.9. The molecule has 0 unspecified atom stereocenters. The molecule has 0 bridgehead atoms. The van der Waals surface area contributed by atoms with E-state index in [0.29, 0.717) is 24.9 Å². The molecule has 4 aromatic rings. The number of fused-ring (bicyclic) bond motifs is 1. The Morgan fingerprint density at radius 2 is 1.81 bits per heavy atom. The van der Waals surface area contributed by atoms with Gasteiger partial charge in [-0.15, -0.1) is 0 Å². The van der Waals surface area contributed by atoms with Crippen molar-refractivity contribution in [1.82, 2.24) is 4.98 Å². The predicted molar refractivity (Wildman–Crippen MR) is 160 cm³/mol. The summed E-state index contributed by atoms with van der Waals surface area (Å²) in [5.74, 6) is -2.89. The molecule has 4 rings (SSSR count). The zero-order chi connectivity index (χ0) is 31.4. The number of carbonyl (C=O) groups is 2. The average Bonchev–Trinajstić information content (AvgIpc) is 3.44. The van der Waals surface area contributed by atoms with E-state index in [9.17, 15) is 18.0 Å². The highest BCUT2D eigenvalue weighted by Gasteiger charge is 2.28. The normalized spacial score (nSPS) is 12.1. The van der Waals surface area contributed by atoms with Gasteiger partial charge in [-0.1, -0.05) is 18.2 Å². The standard InChI is InChI=1S/C31H31F2N3O6S/c1-19(37)41-15-8-7-10-20-9-5-6-11-25(20)36-30(38)24-17-23(29-22(27(24)32)13-16-42-29)21-12-14-34-26(28(21)33)18-35-43(39,40)31(2,3)4/h5-6,9,11-14,16-18H,7-8,10,15H2,1-4H3,(H,36,38). The number of halogens is 2. The number of nitrogens with zero attached hydrogens (tertiary/aromatic N) is 2. The van der Waals surface area contributed by atoms with Crippen molar-refractivity contribution in [3.8, 4) is 11.1 Å². The smallest absolute Gasteiger partial charge is 0.302 e. The third kappa shape index (κ3) is 7.14. The van der Waals surface area contributed by atoms with Crippen LogP contribution < -0.4 is 5.32 Å². The van der Waals surface area contributed by atoms with Crippen molar-refractivity contribution >= 4 is 44.8 Å². The average molecular weight is 612 g/mol. The molecule has 0 spiro atoms. The number of nitrogens with one attached hydrogen (secondary N) is 1. The molecule has 0 fully saturated rings. The molecular weight excluding hydrogens is 580 g/mol. The van der Waals surface area contributed by atoms with Crippen molar-refractivity contribution in [3.05, 3.63) is 83.4 Å². The van der Waals surface area contributed by atoms with Crippen LogP contribution in [0.1, 0.15) is 62.2 Å². The van der Waals surface area contributed by atoms with Gasteiger partial charge >= 0.3 is 5.97 Å². The number of hydrogen-bond acceptors (Lipinski definition) is 7. The molecule has 0 atom stereocenters. The monoisotopic (exact) mass is 611 g/mol. The number of pyridine rings is 1. The summed E-state index contributed by atoms with van der Waals surface area (Å²) in [5.41, 5.74) is 0.543. The quantitative estimate of drug-likeness (QED) is 0.124. The van der Waals surface area contributed by atoms with Gasteiger partial charge in [0, 0.05) is 29.9 Å². The number of esters is 1. The van der Waals surface area contributed by atoms with Gasteiger partial charge in [0.1, 0.15) is 17.1 Å². The minimum Gasteiger partial charge on any atom is -0.466 e. The van der Waals surface area contributed by atoms with Gasteiger partial charge in [-0.05, 0) is 69.9 Å². The molecule has 0 aliphatic carbocycles. The van der Waals surface area contributed by atoms with Crippen LogP contribution in [-0.4, -0.2) is 42.8 Å². The Morgan fingerprint density at radius 3 is 2.53 bits per heavy atom. The van der Waals surface area contributed by atoms with Gasteiger partial charge in [0.25, 0.3) is 15.9 Å². The predicted octanol–water partition coefficient (Wildman–Crippen LogP) is 6.46. The molecule has 2 aromatic carbocycles. The number of rotatable bonds is 10. The lowest BCUT2D eigenvalue weighted by Gasteiger charge is -2.14. The highest BCUT2D eigenvalue weighted by Crippen LogP contribution is 2.35. The van der Waals surface area contributed by atoms with Gasteiger partial charge in [-0.2, -0.15) is 4.40 Å². The summed E-state index contributed by atoms with van der Waals surface area (Å²) >= 11 is 0. The van der Waals surface area contributed by atoms with Crippen LogP contribution in [0.25, 0.3) is 22.1 Å². The Morgan fingerprint density at radius 1 is 1.07 bits per heavy atom. The molecular formula is C31H31F2N3O6S. The first-order valence-electron chi connectivity index (χ1n) is 13.5. The molecule has 1 N–H and O–H groups in total. The Hall–Kier alpha value is -4.45. The summed E-state index contributed by atoms with van der Waals surface area (Å²) in [5, 5.41) is 2.71. The fourth-order valence-corrected chi connectivity index (χ4v) is 4.75. The first-order chi connectivity index (χ1) is 20.3. The summed E-state index contributed by atoms with van der Waals surface area (Å²) in [7, 11) is -3.96. The van der Waals surface area contributed by atoms with Gasteiger partial charge in [-0.25, -0.2) is 17.2 Å². The number of amides is 1. The molecule has 2 heterocycles. The molecule has 2 aromatic heterocycles. The van der Waals surface area contributed by atoms with Crippen LogP contribution in [0.5, 0.6) is 0 Å². The molecule has 9 nitrogen and oxygen atoms in total. The van der Waals surface area contributed by atoms with Gasteiger partial charge in [0.2, 0.25) is 0 Å². The van der Waals surface area contributed by atoms with E-state index in [1.807, 2.05) is 12.1 Å². The van der Waals surface area contributed by atoms with Gasteiger partial charge in [0.15, 0.2) is 5.82 Å². The number of unbranched alkanes of at least 4 members (excludes halogenated alkanes) is 1. The summed E-state index contributed by atoms with van der Waals surface area (Å²) in [6.07, 6.45) is 5.18. The van der Waals surface area contributed by atoms with E-state index in [0.717, 1.165) is 11.8 Å². The second-order valence-electron chi connectivity index (χ2n) is 10.7. The lowest BCUT2D eigenvalue weighted by molar-refractivity contribution is -0.141. The third-order valence-electron chi connectivity index (χ3n) is 6.62. The van der Waals surface area contributed by atoms with Crippen molar-refractivity contribution < 1.29 is 35.9 Å². The van der Waals surface area contributed by atoms with E-state index in [2.05, 4.69) is 14.7 Å². The van der Waals surface area contributed by atoms with Gasteiger partial charge in [0.05, 0.1) is 34.8 Å². The van der Waals surface area contributed by atoms with E-state index in [1.165, 1.54) is 58.4 Å². The summed E-state index contributed by atoms with van der Waals surface area (Å²) < 4.78 is 68.9. The molecule has 12 heteroatoms. The highest BCUT2D eigenvalue weighted by atomic mass is 32.2. The Balaban J connectivity index is 1.67. The van der Waals surface area contributed by atoms with Crippen molar-refractivity contribution in [2.75, 3.05) is 11.9 Å². The van der Waals surface area contributed by atoms with Gasteiger partial charge in [-0.3, -0.25) is 14.6 Å². The number of sulfonamides is 1. The summed E-state index contributed by atoms with van der Waals surface area (Å²) in [4.78, 5) is 28.3. The number of hydrogen-bond donors (Lipinski definition) is 1. The maximum absolute atomic E-state index is 15.7. The number of aromatic nitrogens is 1. The molecule has 0 aliphatic rings. The number of furan rings is 1. The minimum absolute atomic E-state index is 0.00229. The van der Waals surface area contributed by atoms with Crippen molar-refractivity contribution in [1.29, 1.82) is 0 Å².